The second-order valence-corrected chi connectivity index (χ2v) is 4.56. The summed E-state index contributed by atoms with van der Waals surface area (Å²) in [5.41, 5.74) is 0.507. The molecule has 0 aromatic carbocycles. The average molecular weight is 215 g/mol. The van der Waals surface area contributed by atoms with Crippen molar-refractivity contribution < 1.29 is 4.79 Å². The first-order valence-electron chi connectivity index (χ1n) is 5.56. The third kappa shape index (κ3) is 2.44. The van der Waals surface area contributed by atoms with Crippen molar-refractivity contribution in [3.8, 4) is 0 Å². The number of hydrogen-bond acceptors (Lipinski definition) is 2. The van der Waals surface area contributed by atoms with Crippen LogP contribution in [0.2, 0.25) is 0 Å². The fraction of sp³-hybridized carbons (Fsp3) is 0.909. The molecule has 0 atom stereocenters. The molecule has 3 heteroatoms. The summed E-state index contributed by atoms with van der Waals surface area (Å²) in [5.74, 6) is 0.541. The maximum atomic E-state index is 11.4. The van der Waals surface area contributed by atoms with Crippen molar-refractivity contribution in [3.63, 3.8) is 0 Å². The highest BCUT2D eigenvalue weighted by atomic mass is 32.1. The maximum Gasteiger partial charge on any atom is 0.232 e. The number of hydrogen-bond donors (Lipinski definition) is 1. The van der Waals surface area contributed by atoms with E-state index in [4.69, 9.17) is 0 Å². The first-order valence-corrected chi connectivity index (χ1v) is 6.19. The summed E-state index contributed by atoms with van der Waals surface area (Å²) in [7, 11) is 0. The van der Waals surface area contributed by atoms with Gasteiger partial charge in [0.05, 0.1) is 5.75 Å². The monoisotopic (exact) mass is 215 g/mol. The summed E-state index contributed by atoms with van der Waals surface area (Å²) in [5, 5.41) is 0. The van der Waals surface area contributed by atoms with Gasteiger partial charge >= 0.3 is 0 Å². The largest absolute Gasteiger partial charge is 0.342 e. The topological polar surface area (TPSA) is 20.3 Å². The van der Waals surface area contributed by atoms with Crippen LogP contribution in [0.15, 0.2) is 0 Å². The SMILES string of the molecule is CCC1(CC)CCN(C(=O)CS)CC1. The Hall–Kier alpha value is -0.180. The van der Waals surface area contributed by atoms with Crippen LogP contribution >= 0.6 is 12.6 Å². The minimum Gasteiger partial charge on any atom is -0.342 e. The van der Waals surface area contributed by atoms with Gasteiger partial charge in [-0.05, 0) is 18.3 Å². The lowest BCUT2D eigenvalue weighted by Gasteiger charge is -2.40. The lowest BCUT2D eigenvalue weighted by atomic mass is 9.74. The van der Waals surface area contributed by atoms with Crippen LogP contribution in [0, 0.1) is 5.41 Å². The Balaban J connectivity index is 2.48. The number of likely N-dealkylation sites (tertiary alicyclic amines) is 1. The van der Waals surface area contributed by atoms with Gasteiger partial charge in [-0.1, -0.05) is 26.7 Å². The minimum absolute atomic E-state index is 0.189. The Labute approximate surface area is 92.5 Å². The number of nitrogens with zero attached hydrogens (tertiary/aromatic N) is 1. The van der Waals surface area contributed by atoms with E-state index in [-0.39, 0.29) is 5.91 Å². The van der Waals surface area contributed by atoms with Gasteiger partial charge in [0.15, 0.2) is 0 Å². The van der Waals surface area contributed by atoms with E-state index < -0.39 is 0 Å². The zero-order valence-electron chi connectivity index (χ0n) is 9.25. The third-order valence-electron chi connectivity index (χ3n) is 3.81. The van der Waals surface area contributed by atoms with Crippen molar-refractivity contribution in [1.29, 1.82) is 0 Å². The van der Waals surface area contributed by atoms with Crippen LogP contribution in [0.25, 0.3) is 0 Å². The first kappa shape index (κ1) is 11.9. The molecule has 1 saturated heterocycles. The zero-order valence-corrected chi connectivity index (χ0v) is 10.1. The number of thiol groups is 1. The van der Waals surface area contributed by atoms with Gasteiger partial charge in [-0.2, -0.15) is 12.6 Å². The number of rotatable bonds is 3. The average Bonchev–Trinajstić information content (AvgIpc) is 2.28. The van der Waals surface area contributed by atoms with Gasteiger partial charge in [-0.25, -0.2) is 0 Å². The molecule has 0 saturated carbocycles. The summed E-state index contributed by atoms with van der Waals surface area (Å²) in [6.07, 6.45) is 4.82. The van der Waals surface area contributed by atoms with Crippen molar-refractivity contribution >= 4 is 18.5 Å². The van der Waals surface area contributed by atoms with Gasteiger partial charge in [-0.15, -0.1) is 0 Å². The molecule has 0 bridgehead atoms. The molecule has 14 heavy (non-hydrogen) atoms. The van der Waals surface area contributed by atoms with Crippen LogP contribution in [-0.4, -0.2) is 29.6 Å². The molecule has 0 radical (unpaired) electrons. The van der Waals surface area contributed by atoms with Crippen LogP contribution in [-0.2, 0) is 4.79 Å². The Bertz CT molecular complexity index is 191. The molecule has 1 aliphatic rings. The van der Waals surface area contributed by atoms with Crippen molar-refractivity contribution in [2.75, 3.05) is 18.8 Å². The fourth-order valence-corrected chi connectivity index (χ4v) is 2.49. The van der Waals surface area contributed by atoms with E-state index in [1.807, 2.05) is 4.90 Å². The normalized spacial score (nSPS) is 20.9. The van der Waals surface area contributed by atoms with E-state index in [0.29, 0.717) is 11.2 Å². The molecule has 0 unspecified atom stereocenters. The second kappa shape index (κ2) is 5.06. The van der Waals surface area contributed by atoms with Crippen molar-refractivity contribution in [1.82, 2.24) is 4.90 Å². The quantitative estimate of drug-likeness (QED) is 0.717. The van der Waals surface area contributed by atoms with Gasteiger partial charge in [0.1, 0.15) is 0 Å². The van der Waals surface area contributed by atoms with Crippen molar-refractivity contribution in [2.45, 2.75) is 39.5 Å². The van der Waals surface area contributed by atoms with Gasteiger partial charge in [0.2, 0.25) is 5.91 Å². The van der Waals surface area contributed by atoms with E-state index in [1.54, 1.807) is 0 Å². The molecule has 2 nitrogen and oxygen atoms in total. The molecule has 1 aliphatic heterocycles. The number of amides is 1. The van der Waals surface area contributed by atoms with Crippen LogP contribution < -0.4 is 0 Å². The molecule has 1 fully saturated rings. The Morgan fingerprint density at radius 3 is 2.14 bits per heavy atom. The number of piperidine rings is 1. The molecular formula is C11H21NOS. The van der Waals surface area contributed by atoms with E-state index in [0.717, 1.165) is 13.1 Å². The van der Waals surface area contributed by atoms with Crippen LogP contribution in [0.5, 0.6) is 0 Å². The lowest BCUT2D eigenvalue weighted by Crippen LogP contribution is -2.43. The molecule has 0 aliphatic carbocycles. The summed E-state index contributed by atoms with van der Waals surface area (Å²) < 4.78 is 0. The lowest BCUT2D eigenvalue weighted by molar-refractivity contribution is -0.130. The highest BCUT2D eigenvalue weighted by Gasteiger charge is 2.32. The van der Waals surface area contributed by atoms with E-state index >= 15 is 0 Å². The maximum absolute atomic E-state index is 11.4. The Kier molecular flexibility index (Phi) is 4.30. The summed E-state index contributed by atoms with van der Waals surface area (Å²) in [6.45, 7) is 6.39. The molecule has 0 aromatic heterocycles. The molecule has 1 amide bonds. The summed E-state index contributed by atoms with van der Waals surface area (Å²) in [6, 6.07) is 0. The molecule has 0 aromatic rings. The molecule has 1 rings (SSSR count). The van der Waals surface area contributed by atoms with Crippen LogP contribution in [0.1, 0.15) is 39.5 Å². The van der Waals surface area contributed by atoms with Gasteiger partial charge in [0, 0.05) is 13.1 Å². The summed E-state index contributed by atoms with van der Waals surface area (Å²) >= 11 is 4.02. The molecule has 82 valence electrons. The van der Waals surface area contributed by atoms with E-state index in [1.165, 1.54) is 25.7 Å². The molecule has 1 heterocycles. The second-order valence-electron chi connectivity index (χ2n) is 4.25. The van der Waals surface area contributed by atoms with E-state index in [2.05, 4.69) is 26.5 Å². The predicted molar refractivity (Wildman–Crippen MR) is 62.7 cm³/mol. The van der Waals surface area contributed by atoms with Gasteiger partial charge < -0.3 is 4.90 Å². The zero-order chi connectivity index (χ0) is 10.6. The predicted octanol–water partition coefficient (Wildman–Crippen LogP) is 2.35. The Morgan fingerprint density at radius 1 is 1.29 bits per heavy atom. The minimum atomic E-state index is 0.189. The van der Waals surface area contributed by atoms with Crippen LogP contribution in [0.3, 0.4) is 0 Å². The Morgan fingerprint density at radius 2 is 1.79 bits per heavy atom. The standard InChI is InChI=1S/C11H21NOS/c1-3-11(4-2)5-7-12(8-6-11)10(13)9-14/h14H,3-9H2,1-2H3. The smallest absolute Gasteiger partial charge is 0.232 e. The third-order valence-corrected chi connectivity index (χ3v) is 4.08. The van der Waals surface area contributed by atoms with Gasteiger partial charge in [0.25, 0.3) is 0 Å². The molecule has 0 spiro atoms. The molecule has 0 N–H and O–H groups in total. The van der Waals surface area contributed by atoms with E-state index in [9.17, 15) is 4.79 Å². The molecular weight excluding hydrogens is 194 g/mol. The number of carbonyl (C=O) groups excluding carboxylic acids is 1. The highest BCUT2D eigenvalue weighted by Crippen LogP contribution is 2.37. The fourth-order valence-electron chi connectivity index (χ4n) is 2.29. The highest BCUT2D eigenvalue weighted by molar-refractivity contribution is 7.81. The van der Waals surface area contributed by atoms with Crippen molar-refractivity contribution in [2.24, 2.45) is 5.41 Å². The summed E-state index contributed by atoms with van der Waals surface area (Å²) in [4.78, 5) is 13.4. The van der Waals surface area contributed by atoms with Gasteiger partial charge in [-0.3, -0.25) is 4.79 Å². The van der Waals surface area contributed by atoms with Crippen molar-refractivity contribution in [3.05, 3.63) is 0 Å². The van der Waals surface area contributed by atoms with Crippen LogP contribution in [0.4, 0.5) is 0 Å². The first-order chi connectivity index (χ1) is 6.67. The number of carbonyl (C=O) groups is 1.